The van der Waals surface area contributed by atoms with Gasteiger partial charge >= 0.3 is 0 Å². The van der Waals surface area contributed by atoms with Crippen LogP contribution in [0, 0.1) is 0 Å². The van der Waals surface area contributed by atoms with Crippen LogP contribution in [0.2, 0.25) is 0 Å². The first kappa shape index (κ1) is 23.3. The van der Waals surface area contributed by atoms with Gasteiger partial charge in [0.1, 0.15) is 0 Å². The molecule has 0 aliphatic heterocycles. The molecule has 0 saturated carbocycles. The van der Waals surface area contributed by atoms with Gasteiger partial charge in [-0.25, -0.2) is 0 Å². The number of amides is 1. The lowest BCUT2D eigenvalue weighted by Gasteiger charge is -2.06. The quantitative estimate of drug-likeness (QED) is 0.242. The van der Waals surface area contributed by atoms with Crippen LogP contribution in [0.1, 0.15) is 37.4 Å². The number of carbonyl (C=O) groups is 3. The average molecular weight is 583 g/mol. The lowest BCUT2D eigenvalue weighted by atomic mass is 10.00. The number of anilines is 1. The number of hydrogen-bond donors (Lipinski definition) is 1. The van der Waals surface area contributed by atoms with Crippen molar-refractivity contribution in [1.29, 1.82) is 0 Å². The molecule has 0 atom stereocenters. The molecule has 33 heavy (non-hydrogen) atoms. The van der Waals surface area contributed by atoms with Gasteiger partial charge in [-0.15, -0.1) is 11.3 Å². The Morgan fingerprint density at radius 3 is 1.76 bits per heavy atom. The van der Waals surface area contributed by atoms with Crippen molar-refractivity contribution in [2.75, 3.05) is 5.32 Å². The van der Waals surface area contributed by atoms with E-state index in [-0.39, 0.29) is 17.5 Å². The third-order valence-corrected chi connectivity index (χ3v) is 7.08. The molecule has 164 valence electrons. The first-order valence-electron chi connectivity index (χ1n) is 9.94. The van der Waals surface area contributed by atoms with Crippen molar-refractivity contribution in [2.24, 2.45) is 0 Å². The minimum absolute atomic E-state index is 0.140. The molecule has 1 heterocycles. The van der Waals surface area contributed by atoms with Crippen molar-refractivity contribution in [3.63, 3.8) is 0 Å². The average Bonchev–Trinajstić information content (AvgIpc) is 3.25. The van der Waals surface area contributed by atoms with Crippen LogP contribution in [-0.4, -0.2) is 17.5 Å². The zero-order chi connectivity index (χ0) is 23.5. The molecular weight excluding hydrogens is 566 g/mol. The van der Waals surface area contributed by atoms with Gasteiger partial charge in [0.25, 0.3) is 0 Å². The van der Waals surface area contributed by atoms with Crippen molar-refractivity contribution in [2.45, 2.75) is 6.92 Å². The van der Waals surface area contributed by atoms with Gasteiger partial charge in [-0.3, -0.25) is 14.4 Å². The number of hydrogen-bond acceptors (Lipinski definition) is 4. The van der Waals surface area contributed by atoms with Crippen molar-refractivity contribution in [3.05, 3.63) is 109 Å². The molecule has 0 aliphatic carbocycles. The van der Waals surface area contributed by atoms with E-state index in [1.165, 1.54) is 18.3 Å². The highest BCUT2D eigenvalue weighted by molar-refractivity contribution is 9.10. The Bertz CT molecular complexity index is 1340. The summed E-state index contributed by atoms with van der Waals surface area (Å²) in [6.45, 7) is 1.45. The molecule has 1 aromatic heterocycles. The Morgan fingerprint density at radius 1 is 0.727 bits per heavy atom. The summed E-state index contributed by atoms with van der Waals surface area (Å²) >= 11 is 7.97. The van der Waals surface area contributed by atoms with Crippen LogP contribution in [-0.2, 0) is 4.79 Å². The number of halogens is 2. The normalized spacial score (nSPS) is 10.6. The highest BCUT2D eigenvalue weighted by Gasteiger charge is 2.22. The van der Waals surface area contributed by atoms with Gasteiger partial charge in [0.15, 0.2) is 0 Å². The molecule has 3 aromatic carbocycles. The largest absolute Gasteiger partial charge is 0.326 e. The molecule has 4 rings (SSSR count). The zero-order valence-corrected chi connectivity index (χ0v) is 21.4. The van der Waals surface area contributed by atoms with E-state index in [1.54, 1.807) is 42.5 Å². The monoisotopic (exact) mass is 581 g/mol. The van der Waals surface area contributed by atoms with Crippen LogP contribution in [0.25, 0.3) is 11.1 Å². The molecule has 0 fully saturated rings. The standard InChI is InChI=1S/C26H17Br2NO3S/c1-15(30)29-21-12-6-16(7-13-21)22-14-23(24(31)17-2-8-19(27)9-3-17)33-26(22)25(32)18-4-10-20(28)11-5-18/h2-14H,1H3,(H,29,30). The summed E-state index contributed by atoms with van der Waals surface area (Å²) in [4.78, 5) is 38.9. The van der Waals surface area contributed by atoms with Gasteiger partial charge in [-0.1, -0.05) is 44.0 Å². The molecule has 0 unspecified atom stereocenters. The first-order chi connectivity index (χ1) is 15.8. The second-order valence-corrected chi connectivity index (χ2v) is 10.2. The maximum Gasteiger partial charge on any atom is 0.221 e. The maximum absolute atomic E-state index is 13.4. The predicted octanol–water partition coefficient (Wildman–Crippen LogP) is 7.36. The van der Waals surface area contributed by atoms with Crippen molar-refractivity contribution >= 4 is 66.4 Å². The van der Waals surface area contributed by atoms with Crippen LogP contribution in [0.3, 0.4) is 0 Å². The molecular formula is C26H17Br2NO3S. The molecule has 0 radical (unpaired) electrons. The Balaban J connectivity index is 1.78. The third-order valence-electron chi connectivity index (χ3n) is 4.89. The number of thiophene rings is 1. The van der Waals surface area contributed by atoms with Crippen molar-refractivity contribution in [1.82, 2.24) is 0 Å². The Labute approximate surface area is 211 Å². The maximum atomic E-state index is 13.4. The smallest absolute Gasteiger partial charge is 0.221 e. The molecule has 4 nitrogen and oxygen atoms in total. The highest BCUT2D eigenvalue weighted by atomic mass is 79.9. The summed E-state index contributed by atoms with van der Waals surface area (Å²) in [5.74, 6) is -0.450. The lowest BCUT2D eigenvalue weighted by Crippen LogP contribution is -2.05. The van der Waals surface area contributed by atoms with E-state index >= 15 is 0 Å². The van der Waals surface area contributed by atoms with Gasteiger partial charge in [0, 0.05) is 38.2 Å². The fourth-order valence-corrected chi connectivity index (χ4v) is 4.93. The van der Waals surface area contributed by atoms with Crippen molar-refractivity contribution < 1.29 is 14.4 Å². The van der Waals surface area contributed by atoms with E-state index in [1.807, 2.05) is 36.4 Å². The first-order valence-corrected chi connectivity index (χ1v) is 12.3. The highest BCUT2D eigenvalue weighted by Crippen LogP contribution is 2.35. The van der Waals surface area contributed by atoms with Gasteiger partial charge in [0.05, 0.1) is 9.75 Å². The van der Waals surface area contributed by atoms with Crippen LogP contribution in [0.5, 0.6) is 0 Å². The summed E-state index contributed by atoms with van der Waals surface area (Å²) in [5.41, 5.74) is 3.22. The minimum atomic E-state index is -0.160. The second kappa shape index (κ2) is 9.95. The van der Waals surface area contributed by atoms with Crippen LogP contribution >= 0.6 is 43.2 Å². The summed E-state index contributed by atoms with van der Waals surface area (Å²) in [5, 5.41) is 2.74. The Hall–Kier alpha value is -2.87. The van der Waals surface area contributed by atoms with Gasteiger partial charge in [-0.05, 0) is 72.3 Å². The van der Waals surface area contributed by atoms with Crippen LogP contribution in [0.4, 0.5) is 5.69 Å². The van der Waals surface area contributed by atoms with Crippen LogP contribution < -0.4 is 5.32 Å². The molecule has 0 saturated heterocycles. The Kier molecular flexibility index (Phi) is 7.02. The minimum Gasteiger partial charge on any atom is -0.326 e. The van der Waals surface area contributed by atoms with E-state index in [0.717, 1.165) is 14.5 Å². The molecule has 1 amide bonds. The topological polar surface area (TPSA) is 63.2 Å². The van der Waals surface area contributed by atoms with Gasteiger partial charge in [0.2, 0.25) is 17.5 Å². The molecule has 0 spiro atoms. The van der Waals surface area contributed by atoms with E-state index in [2.05, 4.69) is 37.2 Å². The van der Waals surface area contributed by atoms with Gasteiger partial charge < -0.3 is 5.32 Å². The van der Waals surface area contributed by atoms with Crippen molar-refractivity contribution in [3.8, 4) is 11.1 Å². The second-order valence-electron chi connectivity index (χ2n) is 7.28. The van der Waals surface area contributed by atoms with E-state index in [4.69, 9.17) is 0 Å². The molecule has 0 bridgehead atoms. The van der Waals surface area contributed by atoms with E-state index in [0.29, 0.717) is 32.1 Å². The number of ketones is 2. The fraction of sp³-hybridized carbons (Fsp3) is 0.0385. The summed E-state index contributed by atoms with van der Waals surface area (Å²) in [6, 6.07) is 23.3. The summed E-state index contributed by atoms with van der Waals surface area (Å²) < 4.78 is 1.77. The van der Waals surface area contributed by atoms with E-state index < -0.39 is 0 Å². The molecule has 4 aromatic rings. The third kappa shape index (κ3) is 5.38. The molecule has 7 heteroatoms. The van der Waals surface area contributed by atoms with Crippen LogP contribution in [0.15, 0.2) is 87.8 Å². The Morgan fingerprint density at radius 2 is 1.24 bits per heavy atom. The lowest BCUT2D eigenvalue weighted by molar-refractivity contribution is -0.114. The zero-order valence-electron chi connectivity index (χ0n) is 17.4. The van der Waals surface area contributed by atoms with Gasteiger partial charge in [-0.2, -0.15) is 0 Å². The molecule has 1 N–H and O–H groups in total. The summed E-state index contributed by atoms with van der Waals surface area (Å²) in [7, 11) is 0. The number of benzene rings is 3. The number of nitrogens with one attached hydrogen (secondary N) is 1. The number of rotatable bonds is 6. The fourth-order valence-electron chi connectivity index (χ4n) is 3.30. The van der Waals surface area contributed by atoms with E-state index in [9.17, 15) is 14.4 Å². The summed E-state index contributed by atoms with van der Waals surface area (Å²) in [6.07, 6.45) is 0. The SMILES string of the molecule is CC(=O)Nc1ccc(-c2cc(C(=O)c3ccc(Br)cc3)sc2C(=O)c2ccc(Br)cc2)cc1. The molecule has 0 aliphatic rings. The number of carbonyl (C=O) groups excluding carboxylic acids is 3. The predicted molar refractivity (Wildman–Crippen MR) is 139 cm³/mol.